The van der Waals surface area contributed by atoms with E-state index >= 15 is 0 Å². The molecule has 2 N–H and O–H groups in total. The van der Waals surface area contributed by atoms with Gasteiger partial charge in [0.15, 0.2) is 0 Å². The van der Waals surface area contributed by atoms with E-state index in [1.165, 1.54) is 13.0 Å². The summed E-state index contributed by atoms with van der Waals surface area (Å²) in [5.74, 6) is -0.695. The molecular weight excluding hydrogens is 231 g/mol. The molecule has 0 rings (SSSR count). The summed E-state index contributed by atoms with van der Waals surface area (Å²) in [6.07, 6.45) is -4.40. The molecule has 0 saturated carbocycles. The van der Waals surface area contributed by atoms with Crippen LogP contribution in [0, 0.1) is 5.92 Å². The van der Waals surface area contributed by atoms with Crippen molar-refractivity contribution in [1.29, 1.82) is 0 Å². The molecule has 0 heterocycles. The molecule has 0 amide bonds. The van der Waals surface area contributed by atoms with E-state index in [1.54, 1.807) is 0 Å². The molecule has 15 heavy (non-hydrogen) atoms. The Morgan fingerprint density at radius 1 is 1.47 bits per heavy atom. The van der Waals surface area contributed by atoms with Gasteiger partial charge in [0.2, 0.25) is 10.0 Å². The Morgan fingerprint density at radius 3 is 2.20 bits per heavy atom. The highest BCUT2D eigenvalue weighted by Crippen LogP contribution is 2.29. The highest BCUT2D eigenvalue weighted by molar-refractivity contribution is 7.89. The molecule has 0 radical (unpaired) electrons. The second-order valence-electron chi connectivity index (χ2n) is 3.45. The van der Waals surface area contributed by atoms with Crippen molar-refractivity contribution in [3.8, 4) is 0 Å². The topological polar surface area (TPSA) is 60.2 Å². The molecule has 0 aromatic heterocycles. The van der Waals surface area contributed by atoms with Crippen molar-refractivity contribution < 1.29 is 21.6 Å². The van der Waals surface area contributed by atoms with E-state index in [0.29, 0.717) is 0 Å². The Labute approximate surface area is 87.2 Å². The van der Waals surface area contributed by atoms with Gasteiger partial charge in [-0.2, -0.15) is 13.2 Å². The molecule has 3 nitrogen and oxygen atoms in total. The van der Waals surface area contributed by atoms with Crippen molar-refractivity contribution in [2.45, 2.75) is 31.2 Å². The molecule has 0 aliphatic carbocycles. The van der Waals surface area contributed by atoms with Gasteiger partial charge in [-0.15, -0.1) is 6.58 Å². The van der Waals surface area contributed by atoms with Gasteiger partial charge in [-0.05, 0) is 12.3 Å². The Balaban J connectivity index is 4.83. The average Bonchev–Trinajstić information content (AvgIpc) is 1.97. The molecular formula is C8H14F3NO2S. The number of rotatable bonds is 5. The van der Waals surface area contributed by atoms with Crippen LogP contribution in [0.3, 0.4) is 0 Å². The Kier molecular flexibility index (Phi) is 4.79. The Hall–Kier alpha value is -0.560. The van der Waals surface area contributed by atoms with Gasteiger partial charge in [0, 0.05) is 0 Å². The first-order valence-electron chi connectivity index (χ1n) is 4.27. The van der Waals surface area contributed by atoms with E-state index in [1.807, 2.05) is 0 Å². The van der Waals surface area contributed by atoms with Crippen molar-refractivity contribution in [2.75, 3.05) is 0 Å². The van der Waals surface area contributed by atoms with Crippen molar-refractivity contribution in [3.63, 3.8) is 0 Å². The maximum Gasteiger partial charge on any atom is 0.390 e. The molecule has 0 saturated heterocycles. The van der Waals surface area contributed by atoms with Crippen LogP contribution in [0.15, 0.2) is 12.7 Å². The summed E-state index contributed by atoms with van der Waals surface area (Å²) in [7, 11) is -4.19. The first-order valence-corrected chi connectivity index (χ1v) is 5.88. The molecule has 7 heteroatoms. The van der Waals surface area contributed by atoms with Gasteiger partial charge < -0.3 is 0 Å². The predicted molar refractivity (Wildman–Crippen MR) is 51.5 cm³/mol. The van der Waals surface area contributed by atoms with Crippen LogP contribution >= 0.6 is 0 Å². The lowest BCUT2D eigenvalue weighted by atomic mass is 10.0. The zero-order valence-corrected chi connectivity index (χ0v) is 9.11. The molecule has 0 aliphatic heterocycles. The smallest absolute Gasteiger partial charge is 0.228 e. The third kappa shape index (κ3) is 5.78. The predicted octanol–water partition coefficient (Wildman–Crippen LogP) is 1.81. The summed E-state index contributed by atoms with van der Waals surface area (Å²) >= 11 is 0. The maximum atomic E-state index is 12.1. The van der Waals surface area contributed by atoms with Crippen LogP contribution in [0.25, 0.3) is 0 Å². The number of sulfonamides is 1. The molecule has 0 fully saturated rings. The number of allylic oxidation sites excluding steroid dienone is 1. The van der Waals surface area contributed by atoms with Gasteiger partial charge in [-0.1, -0.05) is 13.0 Å². The van der Waals surface area contributed by atoms with Gasteiger partial charge in [0.25, 0.3) is 0 Å². The second-order valence-corrected chi connectivity index (χ2v) is 5.23. The number of hydrogen-bond donors (Lipinski definition) is 1. The summed E-state index contributed by atoms with van der Waals surface area (Å²) < 4.78 is 58.2. The van der Waals surface area contributed by atoms with Crippen LogP contribution in [0.2, 0.25) is 0 Å². The van der Waals surface area contributed by atoms with E-state index < -0.39 is 33.8 Å². The van der Waals surface area contributed by atoms with Crippen LogP contribution in [0.1, 0.15) is 19.8 Å². The normalized spacial score (nSPS) is 17.1. The van der Waals surface area contributed by atoms with E-state index in [2.05, 4.69) is 6.58 Å². The average molecular weight is 245 g/mol. The molecule has 0 unspecified atom stereocenters. The quantitative estimate of drug-likeness (QED) is 0.751. The van der Waals surface area contributed by atoms with E-state index in [4.69, 9.17) is 5.14 Å². The zero-order valence-electron chi connectivity index (χ0n) is 8.29. The van der Waals surface area contributed by atoms with E-state index in [0.717, 1.165) is 0 Å². The van der Waals surface area contributed by atoms with Crippen molar-refractivity contribution in [1.82, 2.24) is 0 Å². The van der Waals surface area contributed by atoms with Gasteiger partial charge in [0.05, 0.1) is 11.7 Å². The highest BCUT2D eigenvalue weighted by Gasteiger charge is 2.39. The lowest BCUT2D eigenvalue weighted by Gasteiger charge is -2.22. The number of alkyl halides is 3. The Morgan fingerprint density at radius 2 is 1.93 bits per heavy atom. The van der Waals surface area contributed by atoms with Crippen molar-refractivity contribution >= 4 is 10.0 Å². The number of primary sulfonamides is 1. The molecule has 0 spiro atoms. The lowest BCUT2D eigenvalue weighted by molar-refractivity contribution is -0.136. The fourth-order valence-corrected chi connectivity index (χ4v) is 2.46. The SMILES string of the molecule is C=CC[C@H](C)[C@@H](CC(F)(F)F)S(N)(=O)=O. The molecule has 0 aliphatic rings. The number of nitrogens with two attached hydrogens (primary N) is 1. The van der Waals surface area contributed by atoms with Crippen LogP contribution in [-0.2, 0) is 10.0 Å². The summed E-state index contributed by atoms with van der Waals surface area (Å²) in [6, 6.07) is 0. The summed E-state index contributed by atoms with van der Waals surface area (Å²) in [5, 5.41) is 3.15. The van der Waals surface area contributed by atoms with Gasteiger partial charge in [-0.3, -0.25) is 0 Å². The number of halogens is 3. The third-order valence-electron chi connectivity index (χ3n) is 2.03. The first-order chi connectivity index (χ1) is 6.58. The summed E-state index contributed by atoms with van der Waals surface area (Å²) in [6.45, 7) is 4.75. The Bertz CT molecular complexity index is 310. The lowest BCUT2D eigenvalue weighted by Crippen LogP contribution is -2.37. The van der Waals surface area contributed by atoms with E-state index in [-0.39, 0.29) is 6.42 Å². The van der Waals surface area contributed by atoms with Crippen LogP contribution < -0.4 is 5.14 Å². The molecule has 2 atom stereocenters. The standard InChI is InChI=1S/C8H14F3NO2S/c1-3-4-6(2)7(15(12,13)14)5-8(9,10)11/h3,6-7H,1,4-5H2,2H3,(H2,12,13,14)/t6-,7+/m0/s1. The van der Waals surface area contributed by atoms with Crippen LogP contribution in [-0.4, -0.2) is 19.8 Å². The monoisotopic (exact) mass is 245 g/mol. The summed E-state index contributed by atoms with van der Waals surface area (Å²) in [5.41, 5.74) is 0. The minimum absolute atomic E-state index is 0.178. The molecule has 0 aromatic carbocycles. The van der Waals surface area contributed by atoms with Crippen molar-refractivity contribution in [2.24, 2.45) is 11.1 Å². The van der Waals surface area contributed by atoms with Gasteiger partial charge in [-0.25, -0.2) is 13.6 Å². The minimum Gasteiger partial charge on any atom is -0.228 e. The van der Waals surface area contributed by atoms with Crippen molar-refractivity contribution in [3.05, 3.63) is 12.7 Å². The van der Waals surface area contributed by atoms with Crippen LogP contribution in [0.5, 0.6) is 0 Å². The molecule has 90 valence electrons. The second kappa shape index (κ2) is 4.98. The molecule has 0 aromatic rings. The molecule has 0 bridgehead atoms. The zero-order chi connectivity index (χ0) is 12.3. The van der Waals surface area contributed by atoms with Crippen LogP contribution in [0.4, 0.5) is 13.2 Å². The van der Waals surface area contributed by atoms with Gasteiger partial charge in [0.1, 0.15) is 0 Å². The minimum atomic E-state index is -4.54. The summed E-state index contributed by atoms with van der Waals surface area (Å²) in [4.78, 5) is 0. The van der Waals surface area contributed by atoms with Gasteiger partial charge >= 0.3 is 6.18 Å². The fraction of sp³-hybridized carbons (Fsp3) is 0.750. The third-order valence-corrected chi connectivity index (χ3v) is 3.50. The largest absolute Gasteiger partial charge is 0.390 e. The first kappa shape index (κ1) is 14.4. The highest BCUT2D eigenvalue weighted by atomic mass is 32.2. The maximum absolute atomic E-state index is 12.1. The number of hydrogen-bond acceptors (Lipinski definition) is 2. The van der Waals surface area contributed by atoms with E-state index in [9.17, 15) is 21.6 Å². The fourth-order valence-electron chi connectivity index (χ4n) is 1.28.